The molecule has 0 radical (unpaired) electrons. The van der Waals surface area contributed by atoms with Crippen LogP contribution in [0.15, 0.2) is 41.3 Å². The molecule has 12 heteroatoms. The molecule has 4 aliphatic rings. The van der Waals surface area contributed by atoms with Crippen molar-refractivity contribution in [2.75, 3.05) is 77.7 Å². The normalized spacial score (nSPS) is 25.9. The molecule has 2 bridgehead atoms. The van der Waals surface area contributed by atoms with Gasteiger partial charge in [0.15, 0.2) is 0 Å². The summed E-state index contributed by atoms with van der Waals surface area (Å²) >= 11 is 1.32. The van der Waals surface area contributed by atoms with Gasteiger partial charge in [-0.3, -0.25) is 4.90 Å². The highest BCUT2D eigenvalue weighted by Crippen LogP contribution is 2.56. The number of quaternary nitrogens is 1. The Kier molecular flexibility index (Phi) is 14.1. The molecular weight excluding hydrogens is 663 g/mol. The number of unbranched alkanes of at least 4 members (excludes halogenated alkanes) is 3. The van der Waals surface area contributed by atoms with Gasteiger partial charge in [-0.2, -0.15) is 0 Å². The molecule has 3 fully saturated rings. The monoisotopic (exact) mass is 721 g/mol. The summed E-state index contributed by atoms with van der Waals surface area (Å²) < 4.78 is 34.7. The molecule has 1 unspecified atom stereocenters. The van der Waals surface area contributed by atoms with Crippen molar-refractivity contribution in [3.05, 3.63) is 47.5 Å². The average Bonchev–Trinajstić information content (AvgIpc) is 3.15. The number of fused-ring (bicyclic) bond motifs is 4. The van der Waals surface area contributed by atoms with Crippen molar-refractivity contribution in [2.24, 2.45) is 5.41 Å². The Labute approximate surface area is 298 Å². The third-order valence-electron chi connectivity index (χ3n) is 10.8. The number of anilines is 1. The van der Waals surface area contributed by atoms with Crippen LogP contribution in [-0.4, -0.2) is 122 Å². The lowest BCUT2D eigenvalue weighted by atomic mass is 9.67. The standard InChI is InChI=1S/C36H55N3O4S.CH4O3S/c1-5-7-15-36(16-8-6-2)34(41)32(30-25-28(37(3)4)26-31(40)33(30)44-35(36)42)27-11-13-29(14-12-27)43-24-10-9-20-39-21-17-38(18-22-39)19-23-39;1-5(2,3)4/h11-14,25-26,32,34-35,41-42H,5-10,15-24H2,1-4H3;1H3,(H,2,3,4)/t32-,34-,35?;/m1./s1. The second-order valence-electron chi connectivity index (χ2n) is 14.5. The van der Waals surface area contributed by atoms with Crippen LogP contribution in [0.25, 0.3) is 0 Å². The Morgan fingerprint density at radius 1 is 0.980 bits per heavy atom. The van der Waals surface area contributed by atoms with Crippen LogP contribution < -0.4 is 9.64 Å². The third-order valence-corrected chi connectivity index (χ3v) is 12.1. The van der Waals surface area contributed by atoms with Crippen LogP contribution in [0.4, 0.5) is 5.69 Å². The maximum atomic E-state index is 12.4. The number of hydrogen-bond donors (Lipinski definition) is 3. The lowest BCUT2D eigenvalue weighted by Crippen LogP contribution is -2.67. The topological polar surface area (TPSA) is 134 Å². The minimum atomic E-state index is -3.92. The zero-order chi connectivity index (χ0) is 35.8. The quantitative estimate of drug-likeness (QED) is 0.136. The first-order chi connectivity index (χ1) is 23.2. The number of rotatable bonds is 14. The molecule has 0 amide bonds. The zero-order valence-corrected chi connectivity index (χ0v) is 31.8. The number of phenols is 1. The van der Waals surface area contributed by atoms with Crippen molar-refractivity contribution >= 4 is 27.6 Å². The maximum absolute atomic E-state index is 12.4. The highest BCUT2D eigenvalue weighted by atomic mass is 32.2. The molecule has 0 aliphatic carbocycles. The third kappa shape index (κ3) is 10.3. The van der Waals surface area contributed by atoms with Gasteiger partial charge in [0.25, 0.3) is 0 Å². The highest BCUT2D eigenvalue weighted by Gasteiger charge is 2.51. The number of piperazine rings is 3. The summed E-state index contributed by atoms with van der Waals surface area (Å²) in [4.78, 5) is 5.24. The van der Waals surface area contributed by atoms with E-state index in [1.54, 1.807) is 6.07 Å². The van der Waals surface area contributed by atoms with Gasteiger partial charge in [-0.15, -0.1) is 0 Å². The molecule has 4 aliphatic heterocycles. The summed E-state index contributed by atoms with van der Waals surface area (Å²) in [5.41, 5.74) is 1.22. The van der Waals surface area contributed by atoms with E-state index < -0.39 is 27.1 Å². The molecule has 0 saturated carbocycles. The SMILES string of the molecule is CCCCC1(CCCC)C(O)Sc2c(O)cc(N(C)C)cc2[C@@H](c2ccc(OCCCC[N+]34CCN(CC3)CC4)cc2)[C@H]1O.CS(=O)(=O)[O-]. The fourth-order valence-corrected chi connectivity index (χ4v) is 9.07. The van der Waals surface area contributed by atoms with Crippen LogP contribution in [0.5, 0.6) is 11.5 Å². The van der Waals surface area contributed by atoms with Gasteiger partial charge in [-0.25, -0.2) is 8.42 Å². The Hall–Kier alpha value is -2.06. The molecule has 3 saturated heterocycles. The molecule has 0 spiro atoms. The van der Waals surface area contributed by atoms with Gasteiger partial charge in [0.2, 0.25) is 0 Å². The van der Waals surface area contributed by atoms with Gasteiger partial charge in [0, 0.05) is 63.1 Å². The van der Waals surface area contributed by atoms with Crippen molar-refractivity contribution in [3.63, 3.8) is 0 Å². The van der Waals surface area contributed by atoms with Gasteiger partial charge in [-0.05, 0) is 55.0 Å². The Morgan fingerprint density at radius 3 is 2.08 bits per heavy atom. The minimum Gasteiger partial charge on any atom is -0.748 e. The Bertz CT molecular complexity index is 1420. The highest BCUT2D eigenvalue weighted by molar-refractivity contribution is 8.00. The van der Waals surface area contributed by atoms with E-state index in [0.29, 0.717) is 17.8 Å². The molecule has 4 heterocycles. The maximum Gasteiger partial charge on any atom is 0.131 e. The number of phenolic OH excluding ortho intramolecular Hbond substituents is 1. The second kappa shape index (κ2) is 17.4. The number of ether oxygens (including phenoxy) is 1. The number of thioether (sulfide) groups is 1. The smallest absolute Gasteiger partial charge is 0.131 e. The summed E-state index contributed by atoms with van der Waals surface area (Å²) in [6.45, 7) is 14.0. The van der Waals surface area contributed by atoms with E-state index in [1.165, 1.54) is 68.5 Å². The molecule has 6 rings (SSSR count). The number of hydrogen-bond acceptors (Lipinski definition) is 10. The molecule has 10 nitrogen and oxygen atoms in total. The van der Waals surface area contributed by atoms with Crippen LogP contribution in [0.3, 0.4) is 0 Å². The van der Waals surface area contributed by atoms with Crippen molar-refractivity contribution in [1.29, 1.82) is 0 Å². The van der Waals surface area contributed by atoms with E-state index in [9.17, 15) is 15.3 Å². The van der Waals surface area contributed by atoms with Gasteiger partial charge < -0.3 is 34.0 Å². The van der Waals surface area contributed by atoms with E-state index in [4.69, 9.17) is 17.7 Å². The van der Waals surface area contributed by atoms with E-state index in [1.807, 2.05) is 31.1 Å². The predicted octanol–water partition coefficient (Wildman–Crippen LogP) is 5.21. The van der Waals surface area contributed by atoms with Crippen LogP contribution in [0.1, 0.15) is 82.3 Å². The van der Waals surface area contributed by atoms with Crippen molar-refractivity contribution < 1.29 is 37.5 Å². The van der Waals surface area contributed by atoms with E-state index in [2.05, 4.69) is 36.9 Å². The summed E-state index contributed by atoms with van der Waals surface area (Å²) in [6, 6.07) is 12.0. The van der Waals surface area contributed by atoms with Gasteiger partial charge in [0.1, 0.15) is 16.9 Å². The van der Waals surface area contributed by atoms with E-state index in [-0.39, 0.29) is 11.7 Å². The zero-order valence-electron chi connectivity index (χ0n) is 30.1. The fraction of sp³-hybridized carbons (Fsp3) is 0.676. The summed E-state index contributed by atoms with van der Waals surface area (Å²) in [5.74, 6) is 0.617. The number of aliphatic hydroxyl groups excluding tert-OH is 2. The van der Waals surface area contributed by atoms with E-state index in [0.717, 1.165) is 67.5 Å². The number of nitrogens with zero attached hydrogens (tertiary/aromatic N) is 3. The van der Waals surface area contributed by atoms with Crippen LogP contribution in [0, 0.1) is 5.41 Å². The predicted molar refractivity (Wildman–Crippen MR) is 197 cm³/mol. The molecular formula is C37H59N3O7S2. The van der Waals surface area contributed by atoms with Crippen molar-refractivity contribution in [2.45, 2.75) is 87.6 Å². The first-order valence-corrected chi connectivity index (χ1v) is 20.7. The molecule has 3 atom stereocenters. The summed E-state index contributed by atoms with van der Waals surface area (Å²) in [7, 11) is 0.00125. The minimum absolute atomic E-state index is 0.158. The van der Waals surface area contributed by atoms with Gasteiger partial charge in [0.05, 0.1) is 53.9 Å². The average molecular weight is 722 g/mol. The number of benzene rings is 2. The molecule has 3 N–H and O–H groups in total. The molecule has 2 aromatic carbocycles. The lowest BCUT2D eigenvalue weighted by molar-refractivity contribution is -0.941. The van der Waals surface area contributed by atoms with Crippen molar-refractivity contribution in [3.8, 4) is 11.5 Å². The molecule has 0 aromatic heterocycles. The Morgan fingerprint density at radius 2 is 1.55 bits per heavy atom. The Balaban J connectivity index is 0.00000101. The van der Waals surface area contributed by atoms with Crippen LogP contribution in [-0.2, 0) is 10.1 Å². The van der Waals surface area contributed by atoms with E-state index >= 15 is 0 Å². The molecule has 276 valence electrons. The molecule has 49 heavy (non-hydrogen) atoms. The first kappa shape index (κ1) is 39.7. The van der Waals surface area contributed by atoms with Gasteiger partial charge in [-0.1, -0.05) is 63.4 Å². The first-order valence-electron chi connectivity index (χ1n) is 18.0. The van der Waals surface area contributed by atoms with Crippen molar-refractivity contribution in [1.82, 2.24) is 4.90 Å². The summed E-state index contributed by atoms with van der Waals surface area (Å²) in [6.07, 6.45) is 7.38. The lowest BCUT2D eigenvalue weighted by Gasteiger charge is -2.50. The van der Waals surface area contributed by atoms with Crippen LogP contribution in [0.2, 0.25) is 0 Å². The van der Waals surface area contributed by atoms with Gasteiger partial charge >= 0.3 is 0 Å². The molecule has 2 aromatic rings. The second-order valence-corrected chi connectivity index (χ2v) is 17.0. The fourth-order valence-electron chi connectivity index (χ4n) is 7.73. The number of aromatic hydroxyl groups is 1. The largest absolute Gasteiger partial charge is 0.748 e. The van der Waals surface area contributed by atoms with Crippen LogP contribution >= 0.6 is 11.8 Å². The summed E-state index contributed by atoms with van der Waals surface area (Å²) in [5, 5.41) is 35.5. The number of aliphatic hydroxyl groups is 2.